The third-order valence-electron chi connectivity index (χ3n) is 3.30. The fraction of sp³-hybridized carbons (Fsp3) is 0.176. The molecule has 0 aliphatic rings. The van der Waals surface area contributed by atoms with E-state index in [-0.39, 0.29) is 13.3 Å². The van der Waals surface area contributed by atoms with E-state index < -0.39 is 12.1 Å². The summed E-state index contributed by atoms with van der Waals surface area (Å²) in [4.78, 5) is 24.7. The van der Waals surface area contributed by atoms with Crippen LogP contribution in [0.15, 0.2) is 48.5 Å². The predicted molar refractivity (Wildman–Crippen MR) is 87.4 cm³/mol. The van der Waals surface area contributed by atoms with Gasteiger partial charge >= 0.3 is 12.1 Å². The van der Waals surface area contributed by atoms with E-state index in [4.69, 9.17) is 10.5 Å². The summed E-state index contributed by atoms with van der Waals surface area (Å²) in [5.41, 5.74) is 7.41. The van der Waals surface area contributed by atoms with Crippen molar-refractivity contribution in [2.24, 2.45) is 5.73 Å². The first-order valence-electron chi connectivity index (χ1n) is 7.16. The average molecular weight is 314 g/mol. The molecular weight excluding hydrogens is 296 g/mol. The molecule has 2 rings (SSSR count). The van der Waals surface area contributed by atoms with E-state index >= 15 is 0 Å². The molecule has 6 heteroatoms. The van der Waals surface area contributed by atoms with Gasteiger partial charge < -0.3 is 15.6 Å². The number of carbonyl (C=O) groups is 2. The van der Waals surface area contributed by atoms with E-state index in [0.29, 0.717) is 22.4 Å². The summed E-state index contributed by atoms with van der Waals surface area (Å²) in [6, 6.07) is 13.9. The Morgan fingerprint density at radius 3 is 2.39 bits per heavy atom. The molecule has 0 aliphatic heterocycles. The molecule has 0 spiro atoms. The third kappa shape index (κ3) is 3.49. The lowest BCUT2D eigenvalue weighted by Gasteiger charge is -2.22. The van der Waals surface area contributed by atoms with Gasteiger partial charge in [0.15, 0.2) is 0 Å². The molecule has 2 aromatic carbocycles. The van der Waals surface area contributed by atoms with E-state index in [2.05, 4.69) is 0 Å². The molecule has 0 bridgehead atoms. The molecule has 120 valence electrons. The predicted octanol–water partition coefficient (Wildman–Crippen LogP) is 2.93. The molecule has 0 fully saturated rings. The Morgan fingerprint density at radius 1 is 1.13 bits per heavy atom. The number of carbonyl (C=O) groups excluding carboxylic acids is 1. The summed E-state index contributed by atoms with van der Waals surface area (Å²) in [6.07, 6.45) is -1.19. The Kier molecular flexibility index (Phi) is 5.32. The number of nitrogens with two attached hydrogens (primary N) is 1. The fourth-order valence-electron chi connectivity index (χ4n) is 2.33. The Bertz CT molecular complexity index is 701. The molecule has 0 aliphatic carbocycles. The molecule has 3 N–H and O–H groups in total. The summed E-state index contributed by atoms with van der Waals surface area (Å²) in [5, 5.41) is 9.36. The normalized spacial score (nSPS) is 10.2. The number of hydrogen-bond donors (Lipinski definition) is 2. The van der Waals surface area contributed by atoms with E-state index in [9.17, 15) is 14.7 Å². The van der Waals surface area contributed by atoms with Crippen LogP contribution in [0.2, 0.25) is 0 Å². The molecular formula is C17H18N2O4. The van der Waals surface area contributed by atoms with Gasteiger partial charge in [0.2, 0.25) is 0 Å². The fourth-order valence-corrected chi connectivity index (χ4v) is 2.33. The van der Waals surface area contributed by atoms with Gasteiger partial charge in [-0.25, -0.2) is 9.59 Å². The number of ether oxygens (including phenoxy) is 1. The van der Waals surface area contributed by atoms with E-state index in [1.165, 1.54) is 0 Å². The number of carboxylic acid groups (broad SMARTS) is 1. The van der Waals surface area contributed by atoms with Crippen LogP contribution in [-0.4, -0.2) is 30.4 Å². The van der Waals surface area contributed by atoms with Crippen LogP contribution in [0.5, 0.6) is 0 Å². The minimum Gasteiger partial charge on any atom is -0.465 e. The van der Waals surface area contributed by atoms with Crippen LogP contribution in [-0.2, 0) is 4.74 Å². The third-order valence-corrected chi connectivity index (χ3v) is 3.30. The summed E-state index contributed by atoms with van der Waals surface area (Å²) >= 11 is 0. The Hall–Kier alpha value is -2.86. The minimum atomic E-state index is -1.19. The van der Waals surface area contributed by atoms with Gasteiger partial charge in [-0.1, -0.05) is 36.4 Å². The second kappa shape index (κ2) is 7.42. The molecule has 0 unspecified atom stereocenters. The van der Waals surface area contributed by atoms with Crippen molar-refractivity contribution in [3.05, 3.63) is 54.1 Å². The number of nitrogens with zero attached hydrogens (tertiary/aromatic N) is 1. The number of benzene rings is 2. The first kappa shape index (κ1) is 16.5. The lowest BCUT2D eigenvalue weighted by Crippen LogP contribution is -2.35. The van der Waals surface area contributed by atoms with Crippen molar-refractivity contribution in [3.8, 4) is 11.1 Å². The Morgan fingerprint density at radius 2 is 1.83 bits per heavy atom. The summed E-state index contributed by atoms with van der Waals surface area (Å²) in [5.74, 6) is -0.504. The highest BCUT2D eigenvalue weighted by Crippen LogP contribution is 2.34. The van der Waals surface area contributed by atoms with Crippen LogP contribution in [0.4, 0.5) is 10.5 Å². The van der Waals surface area contributed by atoms with Crippen molar-refractivity contribution in [2.75, 3.05) is 18.2 Å². The number of anilines is 1. The lowest BCUT2D eigenvalue weighted by atomic mass is 9.97. The van der Waals surface area contributed by atoms with Gasteiger partial charge in [-0.15, -0.1) is 0 Å². The highest BCUT2D eigenvalue weighted by atomic mass is 16.5. The molecule has 23 heavy (non-hydrogen) atoms. The quantitative estimate of drug-likeness (QED) is 0.654. The maximum Gasteiger partial charge on any atom is 0.412 e. The summed E-state index contributed by atoms with van der Waals surface area (Å²) in [7, 11) is 0. The molecule has 2 aromatic rings. The molecule has 0 aromatic heterocycles. The highest BCUT2D eigenvalue weighted by Gasteiger charge is 2.23. The van der Waals surface area contributed by atoms with Crippen molar-refractivity contribution in [3.63, 3.8) is 0 Å². The molecule has 6 nitrogen and oxygen atoms in total. The number of rotatable bonds is 5. The van der Waals surface area contributed by atoms with Crippen LogP contribution >= 0.6 is 0 Å². The van der Waals surface area contributed by atoms with Crippen molar-refractivity contribution in [2.45, 2.75) is 6.92 Å². The van der Waals surface area contributed by atoms with Gasteiger partial charge in [-0.3, -0.25) is 4.90 Å². The average Bonchev–Trinajstić information content (AvgIpc) is 2.56. The SMILES string of the molecule is CCOC(=O)c1cccc(N(CN)C(=O)O)c1-c1ccccc1. The van der Waals surface area contributed by atoms with Crippen molar-refractivity contribution < 1.29 is 19.4 Å². The molecule has 0 saturated heterocycles. The second-order valence-electron chi connectivity index (χ2n) is 4.68. The van der Waals surface area contributed by atoms with Crippen LogP contribution in [0, 0.1) is 0 Å². The molecule has 1 amide bonds. The second-order valence-corrected chi connectivity index (χ2v) is 4.68. The maximum atomic E-state index is 12.3. The van der Waals surface area contributed by atoms with Crippen LogP contribution in [0.25, 0.3) is 11.1 Å². The monoisotopic (exact) mass is 314 g/mol. The smallest absolute Gasteiger partial charge is 0.412 e. The first-order chi connectivity index (χ1) is 11.1. The van der Waals surface area contributed by atoms with Gasteiger partial charge in [-0.05, 0) is 24.6 Å². The van der Waals surface area contributed by atoms with Crippen molar-refractivity contribution >= 4 is 17.7 Å². The van der Waals surface area contributed by atoms with Gasteiger partial charge in [0.25, 0.3) is 0 Å². The molecule has 0 heterocycles. The topological polar surface area (TPSA) is 92.9 Å². The Balaban J connectivity index is 2.70. The van der Waals surface area contributed by atoms with Gasteiger partial charge in [-0.2, -0.15) is 0 Å². The largest absolute Gasteiger partial charge is 0.465 e. The highest BCUT2D eigenvalue weighted by molar-refractivity contribution is 6.04. The maximum absolute atomic E-state index is 12.3. The zero-order valence-electron chi connectivity index (χ0n) is 12.7. The zero-order valence-corrected chi connectivity index (χ0v) is 12.7. The molecule has 0 atom stereocenters. The number of amides is 1. The standard InChI is InChI=1S/C17H18N2O4/c1-2-23-16(20)13-9-6-10-14(19(11-18)17(21)22)15(13)12-7-4-3-5-8-12/h3-10H,2,11,18H2,1H3,(H,21,22). The van der Waals surface area contributed by atoms with Crippen molar-refractivity contribution in [1.29, 1.82) is 0 Å². The van der Waals surface area contributed by atoms with Gasteiger partial charge in [0.05, 0.1) is 24.5 Å². The molecule has 0 saturated carbocycles. The number of esters is 1. The van der Waals surface area contributed by atoms with Crippen molar-refractivity contribution in [1.82, 2.24) is 0 Å². The number of hydrogen-bond acceptors (Lipinski definition) is 4. The van der Waals surface area contributed by atoms with E-state index in [1.54, 1.807) is 37.3 Å². The molecule has 0 radical (unpaired) electrons. The van der Waals surface area contributed by atoms with Gasteiger partial charge in [0, 0.05) is 5.56 Å². The Labute approximate surface area is 134 Å². The zero-order chi connectivity index (χ0) is 16.8. The van der Waals surface area contributed by atoms with E-state index in [0.717, 1.165) is 4.90 Å². The lowest BCUT2D eigenvalue weighted by molar-refractivity contribution is 0.0527. The minimum absolute atomic E-state index is 0.221. The van der Waals surface area contributed by atoms with Crippen LogP contribution < -0.4 is 10.6 Å². The summed E-state index contributed by atoms with van der Waals surface area (Å²) in [6.45, 7) is 1.73. The summed E-state index contributed by atoms with van der Waals surface area (Å²) < 4.78 is 5.08. The van der Waals surface area contributed by atoms with Crippen LogP contribution in [0.3, 0.4) is 0 Å². The van der Waals surface area contributed by atoms with Gasteiger partial charge in [0.1, 0.15) is 0 Å². The van der Waals surface area contributed by atoms with E-state index in [1.807, 2.05) is 18.2 Å². The van der Waals surface area contributed by atoms with Crippen LogP contribution in [0.1, 0.15) is 17.3 Å². The first-order valence-corrected chi connectivity index (χ1v) is 7.16.